The Hall–Kier alpha value is -1.47. The largest absolute Gasteiger partial charge is 0.340 e. The highest BCUT2D eigenvalue weighted by Crippen LogP contribution is 2.19. The number of hydrogen-bond acceptors (Lipinski definition) is 6. The van der Waals surface area contributed by atoms with Gasteiger partial charge in [0.25, 0.3) is 0 Å². The van der Waals surface area contributed by atoms with E-state index in [4.69, 9.17) is 4.52 Å². The minimum atomic E-state index is 0.0323. The van der Waals surface area contributed by atoms with E-state index in [0.29, 0.717) is 18.5 Å². The van der Waals surface area contributed by atoms with Crippen molar-refractivity contribution >= 4 is 5.91 Å². The van der Waals surface area contributed by atoms with Gasteiger partial charge in [-0.2, -0.15) is 4.98 Å². The summed E-state index contributed by atoms with van der Waals surface area (Å²) in [5, 5.41) is 7.34. The molecule has 0 radical (unpaired) electrons. The highest BCUT2D eigenvalue weighted by molar-refractivity contribution is 5.82. The van der Waals surface area contributed by atoms with Crippen LogP contribution in [0.3, 0.4) is 0 Å². The van der Waals surface area contributed by atoms with Gasteiger partial charge in [0.1, 0.15) is 0 Å². The van der Waals surface area contributed by atoms with Gasteiger partial charge in [-0.15, -0.1) is 0 Å². The van der Waals surface area contributed by atoms with Gasteiger partial charge in [-0.05, 0) is 32.9 Å². The standard InChI is InChI=1S/C16H27N5O2/c1-11(2)15-18-14(19-23-15)10-20(3)12-6-8-21(9-12)16(22)13-5-4-7-17-13/h11-13,17H,4-10H2,1-3H3. The van der Waals surface area contributed by atoms with Crippen LogP contribution in [0.2, 0.25) is 0 Å². The maximum atomic E-state index is 12.5. The van der Waals surface area contributed by atoms with Crippen LogP contribution >= 0.6 is 0 Å². The van der Waals surface area contributed by atoms with Crippen molar-refractivity contribution in [1.82, 2.24) is 25.3 Å². The molecule has 128 valence electrons. The summed E-state index contributed by atoms with van der Waals surface area (Å²) in [6.07, 6.45) is 3.07. The van der Waals surface area contributed by atoms with E-state index in [1.807, 2.05) is 18.7 Å². The van der Waals surface area contributed by atoms with Crippen LogP contribution in [-0.4, -0.2) is 64.6 Å². The normalized spacial score (nSPS) is 25.0. The second-order valence-corrected chi connectivity index (χ2v) is 6.99. The molecule has 2 unspecified atom stereocenters. The van der Waals surface area contributed by atoms with Crippen molar-refractivity contribution < 1.29 is 9.32 Å². The second kappa shape index (κ2) is 6.97. The number of likely N-dealkylation sites (tertiary alicyclic amines) is 1. The molecule has 0 aromatic carbocycles. The quantitative estimate of drug-likeness (QED) is 0.871. The summed E-state index contributed by atoms with van der Waals surface area (Å²) >= 11 is 0. The summed E-state index contributed by atoms with van der Waals surface area (Å²) in [4.78, 5) is 21.1. The average Bonchev–Trinajstić information content (AvgIpc) is 3.27. The van der Waals surface area contributed by atoms with Crippen molar-refractivity contribution in [3.8, 4) is 0 Å². The van der Waals surface area contributed by atoms with E-state index in [1.54, 1.807) is 0 Å². The molecule has 2 aliphatic heterocycles. The van der Waals surface area contributed by atoms with Crippen molar-refractivity contribution in [3.63, 3.8) is 0 Å². The van der Waals surface area contributed by atoms with Crippen molar-refractivity contribution in [2.24, 2.45) is 0 Å². The molecule has 3 rings (SSSR count). The Morgan fingerprint density at radius 3 is 2.96 bits per heavy atom. The SMILES string of the molecule is CC(C)c1nc(CN(C)C2CCN(C(=O)C3CCCN3)C2)no1. The third-order valence-corrected chi connectivity index (χ3v) is 4.83. The van der Waals surface area contributed by atoms with E-state index in [1.165, 1.54) is 0 Å². The Morgan fingerprint density at radius 2 is 2.30 bits per heavy atom. The van der Waals surface area contributed by atoms with Crippen LogP contribution < -0.4 is 5.32 Å². The lowest BCUT2D eigenvalue weighted by atomic mass is 10.2. The number of carbonyl (C=O) groups is 1. The van der Waals surface area contributed by atoms with Crippen molar-refractivity contribution in [3.05, 3.63) is 11.7 Å². The van der Waals surface area contributed by atoms with E-state index in [9.17, 15) is 4.79 Å². The van der Waals surface area contributed by atoms with Crippen molar-refractivity contribution in [2.75, 3.05) is 26.7 Å². The second-order valence-electron chi connectivity index (χ2n) is 6.99. The molecular formula is C16H27N5O2. The molecule has 2 fully saturated rings. The van der Waals surface area contributed by atoms with Crippen LogP contribution in [0.15, 0.2) is 4.52 Å². The maximum Gasteiger partial charge on any atom is 0.239 e. The molecule has 0 saturated carbocycles. The molecule has 0 bridgehead atoms. The summed E-state index contributed by atoms with van der Waals surface area (Å²) in [5.41, 5.74) is 0. The van der Waals surface area contributed by atoms with Gasteiger partial charge in [-0.25, -0.2) is 0 Å². The third-order valence-electron chi connectivity index (χ3n) is 4.83. The van der Waals surface area contributed by atoms with Crippen LogP contribution in [0.4, 0.5) is 0 Å². The van der Waals surface area contributed by atoms with E-state index in [0.717, 1.165) is 44.7 Å². The lowest BCUT2D eigenvalue weighted by Crippen LogP contribution is -2.44. The van der Waals surface area contributed by atoms with Crippen molar-refractivity contribution in [2.45, 2.75) is 57.7 Å². The van der Waals surface area contributed by atoms with Gasteiger partial charge in [0.15, 0.2) is 5.82 Å². The molecule has 1 N–H and O–H groups in total. The number of hydrogen-bond donors (Lipinski definition) is 1. The number of nitrogens with zero attached hydrogens (tertiary/aromatic N) is 4. The number of aromatic nitrogens is 2. The van der Waals surface area contributed by atoms with Gasteiger partial charge in [-0.1, -0.05) is 19.0 Å². The summed E-state index contributed by atoms with van der Waals surface area (Å²) in [6, 6.07) is 0.395. The van der Waals surface area contributed by atoms with E-state index < -0.39 is 0 Å². The van der Waals surface area contributed by atoms with E-state index in [2.05, 4.69) is 27.4 Å². The Kier molecular flexibility index (Phi) is 4.96. The molecule has 1 amide bonds. The van der Waals surface area contributed by atoms with Gasteiger partial charge in [0.2, 0.25) is 11.8 Å². The molecule has 7 heteroatoms. The highest BCUT2D eigenvalue weighted by atomic mass is 16.5. The molecule has 2 aliphatic rings. The maximum absolute atomic E-state index is 12.5. The van der Waals surface area contributed by atoms with E-state index in [-0.39, 0.29) is 17.9 Å². The third kappa shape index (κ3) is 3.72. The summed E-state index contributed by atoms with van der Waals surface area (Å²) in [6.45, 7) is 7.34. The van der Waals surface area contributed by atoms with Gasteiger partial charge < -0.3 is 14.7 Å². The van der Waals surface area contributed by atoms with Gasteiger partial charge in [0.05, 0.1) is 12.6 Å². The first kappa shape index (κ1) is 16.4. The average molecular weight is 321 g/mol. The zero-order chi connectivity index (χ0) is 16.4. The molecular weight excluding hydrogens is 294 g/mol. The van der Waals surface area contributed by atoms with Crippen LogP contribution in [0.5, 0.6) is 0 Å². The van der Waals surface area contributed by atoms with Crippen LogP contribution in [0, 0.1) is 0 Å². The number of amides is 1. The fourth-order valence-electron chi connectivity index (χ4n) is 3.34. The lowest BCUT2D eigenvalue weighted by molar-refractivity contribution is -0.132. The smallest absolute Gasteiger partial charge is 0.239 e. The van der Waals surface area contributed by atoms with Gasteiger partial charge >= 0.3 is 0 Å². The topological polar surface area (TPSA) is 74.5 Å². The molecule has 2 saturated heterocycles. The Morgan fingerprint density at radius 1 is 1.48 bits per heavy atom. The van der Waals surface area contributed by atoms with Crippen LogP contribution in [-0.2, 0) is 11.3 Å². The predicted octanol–water partition coefficient (Wildman–Crippen LogP) is 0.978. The minimum Gasteiger partial charge on any atom is -0.340 e. The van der Waals surface area contributed by atoms with E-state index >= 15 is 0 Å². The van der Waals surface area contributed by atoms with Crippen LogP contribution in [0.25, 0.3) is 0 Å². The monoisotopic (exact) mass is 321 g/mol. The van der Waals surface area contributed by atoms with Crippen LogP contribution in [0.1, 0.15) is 50.7 Å². The van der Waals surface area contributed by atoms with Gasteiger partial charge in [-0.3, -0.25) is 9.69 Å². The fraction of sp³-hybridized carbons (Fsp3) is 0.812. The first-order valence-electron chi connectivity index (χ1n) is 8.59. The molecule has 1 aromatic rings. The predicted molar refractivity (Wildman–Crippen MR) is 85.9 cm³/mol. The minimum absolute atomic E-state index is 0.0323. The Balaban J connectivity index is 1.52. The number of carbonyl (C=O) groups excluding carboxylic acids is 1. The Bertz CT molecular complexity index is 538. The first-order chi connectivity index (χ1) is 11.0. The summed E-state index contributed by atoms with van der Waals surface area (Å²) in [5.74, 6) is 1.92. The summed E-state index contributed by atoms with van der Waals surface area (Å²) < 4.78 is 5.26. The van der Waals surface area contributed by atoms with Crippen molar-refractivity contribution in [1.29, 1.82) is 0 Å². The molecule has 7 nitrogen and oxygen atoms in total. The molecule has 3 heterocycles. The molecule has 1 aromatic heterocycles. The number of likely N-dealkylation sites (N-methyl/N-ethyl adjacent to an activating group) is 1. The lowest BCUT2D eigenvalue weighted by Gasteiger charge is -2.24. The van der Waals surface area contributed by atoms with Gasteiger partial charge in [0, 0.05) is 25.0 Å². The molecule has 0 aliphatic carbocycles. The zero-order valence-corrected chi connectivity index (χ0v) is 14.3. The number of nitrogens with one attached hydrogen (secondary N) is 1. The summed E-state index contributed by atoms with van der Waals surface area (Å²) in [7, 11) is 2.07. The molecule has 2 atom stereocenters. The zero-order valence-electron chi connectivity index (χ0n) is 14.3. The fourth-order valence-corrected chi connectivity index (χ4v) is 3.34. The molecule has 0 spiro atoms. The Labute approximate surface area is 137 Å². The highest BCUT2D eigenvalue weighted by Gasteiger charge is 2.33. The number of rotatable bonds is 5. The first-order valence-corrected chi connectivity index (χ1v) is 8.59. The molecule has 23 heavy (non-hydrogen) atoms.